The Morgan fingerprint density at radius 3 is 2.39 bits per heavy atom. The van der Waals surface area contributed by atoms with Gasteiger partial charge in [0.25, 0.3) is 0 Å². The molecule has 2 N–H and O–H groups in total. The summed E-state index contributed by atoms with van der Waals surface area (Å²) in [7, 11) is 0. The van der Waals surface area contributed by atoms with Crippen LogP contribution in [-0.4, -0.2) is 24.3 Å². The molecule has 0 bridgehead atoms. The number of alkyl carbamates (subject to hydrolysis) is 1. The Morgan fingerprint density at radius 1 is 1.26 bits per heavy atom. The molecule has 8 heteroatoms. The van der Waals surface area contributed by atoms with Gasteiger partial charge in [0.1, 0.15) is 5.60 Å². The van der Waals surface area contributed by atoms with Gasteiger partial charge >= 0.3 is 12.3 Å². The van der Waals surface area contributed by atoms with Gasteiger partial charge in [0.15, 0.2) is 0 Å². The number of ether oxygens (including phenoxy) is 1. The first kappa shape index (κ1) is 19.4. The second-order valence-electron chi connectivity index (χ2n) is 6.15. The number of nitrogens with one attached hydrogen (secondary N) is 2. The topological polar surface area (TPSA) is 50.4 Å². The average Bonchev–Trinajstić information content (AvgIpc) is 2.32. The van der Waals surface area contributed by atoms with Gasteiger partial charge in [-0.05, 0) is 45.9 Å². The fourth-order valence-corrected chi connectivity index (χ4v) is 1.96. The van der Waals surface area contributed by atoms with E-state index in [4.69, 9.17) is 16.3 Å². The second-order valence-corrected chi connectivity index (χ2v) is 6.59. The summed E-state index contributed by atoms with van der Waals surface area (Å²) in [6.07, 6.45) is -5.06. The summed E-state index contributed by atoms with van der Waals surface area (Å²) in [5.74, 6) is 0. The summed E-state index contributed by atoms with van der Waals surface area (Å²) in [5.41, 5.74) is -1.22. The third kappa shape index (κ3) is 7.45. The third-order valence-electron chi connectivity index (χ3n) is 2.59. The number of hydrogen-bond acceptors (Lipinski definition) is 3. The number of carbonyl (C=O) groups excluding carboxylic acids is 1. The van der Waals surface area contributed by atoms with E-state index in [1.165, 1.54) is 6.07 Å². The Kier molecular flexibility index (Phi) is 6.16. The molecule has 23 heavy (non-hydrogen) atoms. The minimum atomic E-state index is -4.47. The predicted octanol–water partition coefficient (Wildman–Crippen LogP) is 4.68. The molecule has 1 rings (SSSR count). The summed E-state index contributed by atoms with van der Waals surface area (Å²) in [6.45, 7) is 7.10. The largest absolute Gasteiger partial charge is 0.444 e. The van der Waals surface area contributed by atoms with Crippen LogP contribution < -0.4 is 10.6 Å². The van der Waals surface area contributed by atoms with Crippen LogP contribution in [-0.2, 0) is 10.9 Å². The van der Waals surface area contributed by atoms with Gasteiger partial charge in [-0.1, -0.05) is 11.6 Å². The fourth-order valence-electron chi connectivity index (χ4n) is 1.72. The van der Waals surface area contributed by atoms with Crippen molar-refractivity contribution in [1.82, 2.24) is 5.32 Å². The molecule has 0 heterocycles. The van der Waals surface area contributed by atoms with Crippen molar-refractivity contribution in [2.24, 2.45) is 0 Å². The first-order valence-electron chi connectivity index (χ1n) is 6.98. The number of alkyl halides is 3. The van der Waals surface area contributed by atoms with E-state index in [9.17, 15) is 18.0 Å². The molecule has 4 nitrogen and oxygen atoms in total. The van der Waals surface area contributed by atoms with Gasteiger partial charge in [0.2, 0.25) is 0 Å². The van der Waals surface area contributed by atoms with Gasteiger partial charge in [-0.3, -0.25) is 0 Å². The molecule has 1 amide bonds. The molecule has 0 aromatic heterocycles. The number of hydrogen-bond donors (Lipinski definition) is 2. The summed E-state index contributed by atoms with van der Waals surface area (Å²) >= 11 is 5.71. The van der Waals surface area contributed by atoms with Gasteiger partial charge in [-0.2, -0.15) is 13.2 Å². The zero-order valence-electron chi connectivity index (χ0n) is 13.3. The molecular weight excluding hydrogens is 333 g/mol. The molecule has 1 aromatic carbocycles. The van der Waals surface area contributed by atoms with E-state index >= 15 is 0 Å². The molecular formula is C15H20ClF3N2O2. The second kappa shape index (κ2) is 7.29. The maximum Gasteiger partial charge on any atom is 0.416 e. The van der Waals surface area contributed by atoms with Crippen LogP contribution in [0.5, 0.6) is 0 Å². The molecule has 0 aliphatic carbocycles. The van der Waals surface area contributed by atoms with Crippen molar-refractivity contribution < 1.29 is 22.7 Å². The predicted molar refractivity (Wildman–Crippen MR) is 83.8 cm³/mol. The SMILES string of the molecule is CC(CNC(=O)OC(C)(C)C)Nc1cc(Cl)cc(C(F)(F)F)c1. The normalized spacial score (nSPS) is 13.4. The molecule has 0 aliphatic rings. The smallest absolute Gasteiger partial charge is 0.416 e. The standard InChI is InChI=1S/C15H20ClF3N2O2/c1-9(8-20-13(22)23-14(2,3)4)21-12-6-10(15(17,18)19)5-11(16)7-12/h5-7,9,21H,8H2,1-4H3,(H,20,22). The van der Waals surface area contributed by atoms with Crippen LogP contribution in [0, 0.1) is 0 Å². The first-order chi connectivity index (χ1) is 10.4. The van der Waals surface area contributed by atoms with Gasteiger partial charge in [-0.15, -0.1) is 0 Å². The molecule has 0 radical (unpaired) electrons. The van der Waals surface area contributed by atoms with E-state index in [1.54, 1.807) is 27.7 Å². The summed E-state index contributed by atoms with van der Waals surface area (Å²) < 4.78 is 43.3. The van der Waals surface area contributed by atoms with Crippen molar-refractivity contribution in [1.29, 1.82) is 0 Å². The van der Waals surface area contributed by atoms with Crippen molar-refractivity contribution in [2.75, 3.05) is 11.9 Å². The Labute approximate surface area is 138 Å². The highest BCUT2D eigenvalue weighted by Crippen LogP contribution is 2.33. The number of carbonyl (C=O) groups is 1. The molecule has 130 valence electrons. The van der Waals surface area contributed by atoms with Gasteiger partial charge < -0.3 is 15.4 Å². The highest BCUT2D eigenvalue weighted by molar-refractivity contribution is 6.30. The summed E-state index contributed by atoms with van der Waals surface area (Å²) in [4.78, 5) is 11.5. The van der Waals surface area contributed by atoms with Gasteiger partial charge in [0.05, 0.1) is 5.56 Å². The lowest BCUT2D eigenvalue weighted by atomic mass is 10.2. The van der Waals surface area contributed by atoms with Crippen LogP contribution in [0.1, 0.15) is 33.3 Å². The van der Waals surface area contributed by atoms with Crippen LogP contribution in [0.25, 0.3) is 0 Å². The maximum atomic E-state index is 12.7. The quantitative estimate of drug-likeness (QED) is 0.827. The number of anilines is 1. The monoisotopic (exact) mass is 352 g/mol. The molecule has 0 spiro atoms. The van der Waals surface area contributed by atoms with Crippen molar-refractivity contribution in [2.45, 2.75) is 45.5 Å². The fraction of sp³-hybridized carbons (Fsp3) is 0.533. The summed E-state index contributed by atoms with van der Waals surface area (Å²) in [6, 6.07) is 2.90. The number of rotatable bonds is 4. The van der Waals surface area contributed by atoms with E-state index in [-0.39, 0.29) is 23.3 Å². The van der Waals surface area contributed by atoms with Gasteiger partial charge in [-0.25, -0.2) is 4.79 Å². The van der Waals surface area contributed by atoms with Crippen molar-refractivity contribution in [3.63, 3.8) is 0 Å². The zero-order valence-corrected chi connectivity index (χ0v) is 14.1. The molecule has 0 saturated heterocycles. The Hall–Kier alpha value is -1.63. The van der Waals surface area contributed by atoms with Crippen molar-refractivity contribution in [3.05, 3.63) is 28.8 Å². The van der Waals surface area contributed by atoms with Crippen LogP contribution in [0.2, 0.25) is 5.02 Å². The average molecular weight is 353 g/mol. The lowest BCUT2D eigenvalue weighted by Gasteiger charge is -2.21. The Bertz CT molecular complexity index is 557. The van der Waals surface area contributed by atoms with Crippen LogP contribution in [0.3, 0.4) is 0 Å². The first-order valence-corrected chi connectivity index (χ1v) is 7.36. The molecule has 1 unspecified atom stereocenters. The van der Waals surface area contributed by atoms with Gasteiger partial charge in [0, 0.05) is 23.3 Å². The Morgan fingerprint density at radius 2 is 1.87 bits per heavy atom. The third-order valence-corrected chi connectivity index (χ3v) is 2.81. The highest BCUT2D eigenvalue weighted by Gasteiger charge is 2.31. The van der Waals surface area contributed by atoms with Crippen LogP contribution in [0.4, 0.5) is 23.7 Å². The molecule has 0 saturated carbocycles. The lowest BCUT2D eigenvalue weighted by molar-refractivity contribution is -0.137. The molecule has 1 atom stereocenters. The highest BCUT2D eigenvalue weighted by atomic mass is 35.5. The van der Waals surface area contributed by atoms with E-state index < -0.39 is 23.4 Å². The Balaban J connectivity index is 2.63. The molecule has 0 fully saturated rings. The van der Waals surface area contributed by atoms with Crippen LogP contribution >= 0.6 is 11.6 Å². The molecule has 1 aromatic rings. The molecule has 0 aliphatic heterocycles. The minimum absolute atomic E-state index is 0.0189. The van der Waals surface area contributed by atoms with E-state index in [2.05, 4.69) is 10.6 Å². The van der Waals surface area contributed by atoms with Crippen molar-refractivity contribution in [3.8, 4) is 0 Å². The lowest BCUT2D eigenvalue weighted by Crippen LogP contribution is -2.38. The van der Waals surface area contributed by atoms with Crippen LogP contribution in [0.15, 0.2) is 18.2 Å². The number of benzene rings is 1. The minimum Gasteiger partial charge on any atom is -0.444 e. The maximum absolute atomic E-state index is 12.7. The van der Waals surface area contributed by atoms with Crippen molar-refractivity contribution >= 4 is 23.4 Å². The number of halogens is 4. The zero-order chi connectivity index (χ0) is 17.8. The van der Waals surface area contributed by atoms with E-state index in [1.807, 2.05) is 0 Å². The van der Waals surface area contributed by atoms with E-state index in [0.717, 1.165) is 12.1 Å². The van der Waals surface area contributed by atoms with E-state index in [0.29, 0.717) is 0 Å². The number of amides is 1. The summed E-state index contributed by atoms with van der Waals surface area (Å²) in [5, 5.41) is 5.38.